The van der Waals surface area contributed by atoms with Gasteiger partial charge in [0, 0.05) is 18.9 Å². The smallest absolute Gasteiger partial charge is 0.267 e. The molecule has 0 spiro atoms. The van der Waals surface area contributed by atoms with Gasteiger partial charge >= 0.3 is 0 Å². The van der Waals surface area contributed by atoms with Gasteiger partial charge in [0.25, 0.3) is 5.56 Å². The molecule has 8 heteroatoms. The molecule has 0 unspecified atom stereocenters. The van der Waals surface area contributed by atoms with Crippen LogP contribution in [0.3, 0.4) is 0 Å². The molecule has 5 aromatic rings. The molecule has 0 aliphatic rings. The Morgan fingerprint density at radius 2 is 1.83 bits per heavy atom. The number of pyridine rings is 1. The molecule has 3 heterocycles. The number of benzene rings is 2. The number of H-pyrrole nitrogens is 1. The van der Waals surface area contributed by atoms with E-state index >= 15 is 0 Å². The van der Waals surface area contributed by atoms with E-state index in [1.165, 1.54) is 12.1 Å². The first-order valence-corrected chi connectivity index (χ1v) is 9.50. The van der Waals surface area contributed by atoms with Gasteiger partial charge in [-0.3, -0.25) is 14.5 Å². The highest BCUT2D eigenvalue weighted by molar-refractivity contribution is 6.02. The Morgan fingerprint density at radius 3 is 2.63 bits per heavy atom. The summed E-state index contributed by atoms with van der Waals surface area (Å²) in [5.74, 6) is 0.150. The number of nitrogens with one attached hydrogen (secondary N) is 2. The minimum Gasteiger partial charge on any atom is -0.354 e. The highest BCUT2D eigenvalue weighted by Gasteiger charge is 2.16. The second-order valence-corrected chi connectivity index (χ2v) is 6.86. The van der Waals surface area contributed by atoms with Crippen LogP contribution in [0.1, 0.15) is 5.56 Å². The third-order valence-electron chi connectivity index (χ3n) is 4.93. The highest BCUT2D eigenvalue weighted by atomic mass is 19.1. The van der Waals surface area contributed by atoms with Crippen LogP contribution in [0.15, 0.2) is 71.8 Å². The Labute approximate surface area is 170 Å². The summed E-state index contributed by atoms with van der Waals surface area (Å²) in [7, 11) is 0. The monoisotopic (exact) mass is 400 g/mol. The van der Waals surface area contributed by atoms with Crippen molar-refractivity contribution in [3.05, 3.63) is 88.7 Å². The number of hydrogen-bond acceptors (Lipinski definition) is 5. The number of nitrogens with zero attached hydrogens (tertiary/aromatic N) is 4. The van der Waals surface area contributed by atoms with Gasteiger partial charge in [0.2, 0.25) is 5.95 Å². The van der Waals surface area contributed by atoms with Crippen molar-refractivity contribution in [2.45, 2.75) is 6.42 Å². The lowest BCUT2D eigenvalue weighted by atomic mass is 10.1. The molecular formula is C22H17FN6O. The van der Waals surface area contributed by atoms with E-state index in [0.717, 1.165) is 5.56 Å². The summed E-state index contributed by atoms with van der Waals surface area (Å²) in [6.45, 7) is 0.567. The van der Waals surface area contributed by atoms with E-state index < -0.39 is 0 Å². The average Bonchev–Trinajstić information content (AvgIpc) is 3.27. The summed E-state index contributed by atoms with van der Waals surface area (Å²) in [6, 6.07) is 15.7. The quantitative estimate of drug-likeness (QED) is 0.472. The van der Waals surface area contributed by atoms with E-state index in [2.05, 4.69) is 25.5 Å². The van der Waals surface area contributed by atoms with Crippen molar-refractivity contribution < 1.29 is 4.39 Å². The molecule has 3 aromatic heterocycles. The summed E-state index contributed by atoms with van der Waals surface area (Å²) in [5.41, 5.74) is 2.54. The average molecular weight is 400 g/mol. The van der Waals surface area contributed by atoms with Gasteiger partial charge in [-0.1, -0.05) is 30.3 Å². The van der Waals surface area contributed by atoms with E-state index in [0.29, 0.717) is 46.5 Å². The number of aromatic nitrogens is 5. The zero-order valence-electron chi connectivity index (χ0n) is 15.8. The van der Waals surface area contributed by atoms with Gasteiger partial charge in [-0.2, -0.15) is 10.1 Å². The van der Waals surface area contributed by atoms with Crippen molar-refractivity contribution >= 4 is 27.9 Å². The number of rotatable bonds is 5. The van der Waals surface area contributed by atoms with Crippen LogP contribution in [0.5, 0.6) is 0 Å². The third kappa shape index (κ3) is 3.18. The van der Waals surface area contributed by atoms with Crippen LogP contribution in [-0.2, 0) is 6.42 Å². The topological polar surface area (TPSA) is 88.5 Å². The molecule has 0 saturated heterocycles. The van der Waals surface area contributed by atoms with Crippen molar-refractivity contribution in [1.29, 1.82) is 0 Å². The van der Waals surface area contributed by atoms with Gasteiger partial charge in [-0.05, 0) is 36.2 Å². The molecule has 5 rings (SSSR count). The van der Waals surface area contributed by atoms with Crippen LogP contribution < -0.4 is 10.9 Å². The molecule has 30 heavy (non-hydrogen) atoms. The number of aromatic amines is 1. The first kappa shape index (κ1) is 18.0. The first-order chi connectivity index (χ1) is 14.7. The number of hydrogen-bond donors (Lipinski definition) is 2. The minimum atomic E-state index is -0.256. The van der Waals surface area contributed by atoms with Crippen molar-refractivity contribution in [3.63, 3.8) is 0 Å². The van der Waals surface area contributed by atoms with Crippen LogP contribution >= 0.6 is 0 Å². The lowest BCUT2D eigenvalue weighted by molar-refractivity contribution is 0.627. The molecule has 0 fully saturated rings. The number of para-hydroxylation sites is 1. The van der Waals surface area contributed by atoms with Crippen molar-refractivity contribution in [3.8, 4) is 5.69 Å². The van der Waals surface area contributed by atoms with Gasteiger partial charge < -0.3 is 5.32 Å². The number of anilines is 1. The van der Waals surface area contributed by atoms with Crippen molar-refractivity contribution in [1.82, 2.24) is 24.7 Å². The molecule has 0 aliphatic carbocycles. The molecule has 0 atom stereocenters. The molecule has 0 bridgehead atoms. The Bertz CT molecular complexity index is 1390. The van der Waals surface area contributed by atoms with Crippen LogP contribution in [0.2, 0.25) is 0 Å². The Balaban J connectivity index is 1.55. The van der Waals surface area contributed by atoms with Crippen LogP contribution in [0.25, 0.3) is 27.6 Å². The van der Waals surface area contributed by atoms with Crippen LogP contribution in [-0.4, -0.2) is 31.3 Å². The van der Waals surface area contributed by atoms with Crippen molar-refractivity contribution in [2.75, 3.05) is 11.9 Å². The number of halogens is 1. The summed E-state index contributed by atoms with van der Waals surface area (Å²) in [5, 5.41) is 11.3. The summed E-state index contributed by atoms with van der Waals surface area (Å²) < 4.78 is 14.6. The van der Waals surface area contributed by atoms with Gasteiger partial charge in [0.05, 0.1) is 16.5 Å². The standard InChI is InChI=1S/C22H17FN6O/c23-15-8-6-14(7-9-15)10-11-24-22-25-12-17-19-18(13-26-28-19)21(30)29(20(17)27-22)16-4-2-1-3-5-16/h1-9,12-13H,10-11H2,(H,26,28)(H,24,25,27). The fraction of sp³-hybridized carbons (Fsp3) is 0.0909. The van der Waals surface area contributed by atoms with Gasteiger partial charge in [0.15, 0.2) is 5.65 Å². The third-order valence-corrected chi connectivity index (χ3v) is 4.93. The van der Waals surface area contributed by atoms with E-state index in [4.69, 9.17) is 0 Å². The maximum Gasteiger partial charge on any atom is 0.267 e. The maximum absolute atomic E-state index is 13.1. The lowest BCUT2D eigenvalue weighted by Crippen LogP contribution is -2.20. The minimum absolute atomic E-state index is 0.201. The molecular weight excluding hydrogens is 383 g/mol. The molecule has 0 radical (unpaired) electrons. The molecule has 7 nitrogen and oxygen atoms in total. The van der Waals surface area contributed by atoms with E-state index in [1.54, 1.807) is 29.1 Å². The Kier molecular flexibility index (Phi) is 4.44. The highest BCUT2D eigenvalue weighted by Crippen LogP contribution is 2.22. The predicted molar refractivity (Wildman–Crippen MR) is 113 cm³/mol. The molecule has 148 valence electrons. The normalized spacial score (nSPS) is 11.2. The molecule has 2 aromatic carbocycles. The Morgan fingerprint density at radius 1 is 1.03 bits per heavy atom. The second-order valence-electron chi connectivity index (χ2n) is 6.86. The second kappa shape index (κ2) is 7.40. The molecule has 0 amide bonds. The zero-order valence-corrected chi connectivity index (χ0v) is 15.8. The molecule has 0 saturated carbocycles. The SMILES string of the molecule is O=c1c2c[nH]nc2c2cnc(NCCc3ccc(F)cc3)nc2n1-c1ccccc1. The lowest BCUT2D eigenvalue weighted by Gasteiger charge is -2.12. The van der Waals surface area contributed by atoms with Gasteiger partial charge in [0.1, 0.15) is 11.3 Å². The van der Waals surface area contributed by atoms with Crippen LogP contribution in [0, 0.1) is 5.82 Å². The van der Waals surface area contributed by atoms with Gasteiger partial charge in [-0.15, -0.1) is 0 Å². The van der Waals surface area contributed by atoms with Crippen LogP contribution in [0.4, 0.5) is 10.3 Å². The fourth-order valence-corrected chi connectivity index (χ4v) is 3.46. The fourth-order valence-electron chi connectivity index (χ4n) is 3.46. The zero-order chi connectivity index (χ0) is 20.5. The summed E-state index contributed by atoms with van der Waals surface area (Å²) in [4.78, 5) is 22.1. The van der Waals surface area contributed by atoms with Gasteiger partial charge in [-0.25, -0.2) is 9.37 Å². The summed E-state index contributed by atoms with van der Waals surface area (Å²) >= 11 is 0. The maximum atomic E-state index is 13.1. The molecule has 0 aliphatic heterocycles. The summed E-state index contributed by atoms with van der Waals surface area (Å²) in [6.07, 6.45) is 3.95. The van der Waals surface area contributed by atoms with E-state index in [-0.39, 0.29) is 11.4 Å². The Hall–Kier alpha value is -4.07. The molecule has 2 N–H and O–H groups in total. The predicted octanol–water partition coefficient (Wildman–Crippen LogP) is 3.45. The van der Waals surface area contributed by atoms with Crippen molar-refractivity contribution in [2.24, 2.45) is 0 Å². The first-order valence-electron chi connectivity index (χ1n) is 9.50. The van der Waals surface area contributed by atoms with E-state index in [1.807, 2.05) is 30.3 Å². The van der Waals surface area contributed by atoms with E-state index in [9.17, 15) is 9.18 Å². The largest absolute Gasteiger partial charge is 0.354 e. The number of fused-ring (bicyclic) bond motifs is 3.